The fourth-order valence-corrected chi connectivity index (χ4v) is 3.47. The number of likely N-dealkylation sites (N-methyl/N-ethyl adjacent to an activating group) is 1. The number of aromatic nitrogens is 2. The number of piperazine rings is 1. The zero-order valence-corrected chi connectivity index (χ0v) is 15.7. The number of aryl methyl sites for hydroxylation is 1. The standard InChI is InChI=1S/C18H29N5O3/c1-3-23-7-4-15(20-23)18(25)22-9-8-21(2)16(13-22)17(24)19-12-14-5-10-26-11-6-14/h4,7,14,16H,3,5-6,8-13H2,1-2H3,(H,19,24)/t16-/m1/s1. The first-order valence-electron chi connectivity index (χ1n) is 9.47. The molecule has 0 spiro atoms. The maximum absolute atomic E-state index is 12.7. The summed E-state index contributed by atoms with van der Waals surface area (Å²) in [6.45, 7) is 6.62. The molecule has 8 heteroatoms. The van der Waals surface area contributed by atoms with E-state index in [0.717, 1.165) is 32.6 Å². The molecule has 2 aliphatic heterocycles. The molecular weight excluding hydrogens is 334 g/mol. The molecule has 0 saturated carbocycles. The Balaban J connectivity index is 1.56. The molecule has 1 N–H and O–H groups in total. The van der Waals surface area contributed by atoms with Crippen molar-refractivity contribution in [2.75, 3.05) is 46.4 Å². The van der Waals surface area contributed by atoms with E-state index >= 15 is 0 Å². The first-order valence-corrected chi connectivity index (χ1v) is 9.47. The third-order valence-electron chi connectivity index (χ3n) is 5.33. The molecule has 0 aliphatic carbocycles. The number of carbonyl (C=O) groups excluding carboxylic acids is 2. The van der Waals surface area contributed by atoms with Gasteiger partial charge < -0.3 is 15.0 Å². The molecule has 1 aromatic heterocycles. The second kappa shape index (κ2) is 8.64. The van der Waals surface area contributed by atoms with Crippen molar-refractivity contribution in [2.24, 2.45) is 5.92 Å². The number of amides is 2. The maximum Gasteiger partial charge on any atom is 0.274 e. The van der Waals surface area contributed by atoms with Gasteiger partial charge in [-0.25, -0.2) is 0 Å². The highest BCUT2D eigenvalue weighted by molar-refractivity contribution is 5.93. The minimum absolute atomic E-state index is 0.00409. The fourth-order valence-electron chi connectivity index (χ4n) is 3.47. The van der Waals surface area contributed by atoms with E-state index in [-0.39, 0.29) is 17.9 Å². The van der Waals surface area contributed by atoms with E-state index in [1.165, 1.54) is 0 Å². The Hall–Kier alpha value is -1.93. The van der Waals surface area contributed by atoms with E-state index in [4.69, 9.17) is 4.74 Å². The number of ether oxygens (including phenoxy) is 1. The van der Waals surface area contributed by atoms with E-state index in [1.54, 1.807) is 21.8 Å². The normalized spacial score (nSPS) is 22.4. The van der Waals surface area contributed by atoms with Crippen molar-refractivity contribution in [3.05, 3.63) is 18.0 Å². The van der Waals surface area contributed by atoms with Crippen LogP contribution in [0.2, 0.25) is 0 Å². The Morgan fingerprint density at radius 2 is 2.08 bits per heavy atom. The van der Waals surface area contributed by atoms with Crippen molar-refractivity contribution < 1.29 is 14.3 Å². The summed E-state index contributed by atoms with van der Waals surface area (Å²) < 4.78 is 7.10. The average Bonchev–Trinajstić information content (AvgIpc) is 3.16. The molecule has 2 saturated heterocycles. The van der Waals surface area contributed by atoms with Crippen LogP contribution in [0, 0.1) is 5.92 Å². The third kappa shape index (κ3) is 4.42. The third-order valence-corrected chi connectivity index (χ3v) is 5.33. The van der Waals surface area contributed by atoms with Crippen LogP contribution < -0.4 is 5.32 Å². The topological polar surface area (TPSA) is 79.7 Å². The van der Waals surface area contributed by atoms with Gasteiger partial charge in [0.05, 0.1) is 0 Å². The molecule has 8 nitrogen and oxygen atoms in total. The van der Waals surface area contributed by atoms with E-state index in [2.05, 4.69) is 10.4 Å². The molecule has 2 aliphatic rings. The molecule has 26 heavy (non-hydrogen) atoms. The Morgan fingerprint density at radius 1 is 1.31 bits per heavy atom. The van der Waals surface area contributed by atoms with Crippen LogP contribution >= 0.6 is 0 Å². The highest BCUT2D eigenvalue weighted by atomic mass is 16.5. The molecule has 1 aromatic rings. The van der Waals surface area contributed by atoms with Gasteiger partial charge in [0.15, 0.2) is 0 Å². The quantitative estimate of drug-likeness (QED) is 0.809. The summed E-state index contributed by atoms with van der Waals surface area (Å²) in [6, 6.07) is 1.42. The average molecular weight is 363 g/mol. The molecule has 3 heterocycles. The van der Waals surface area contributed by atoms with E-state index in [0.29, 0.717) is 37.8 Å². The SMILES string of the molecule is CCn1ccc(C(=O)N2CCN(C)[C@@H](C(=O)NCC3CCOCC3)C2)n1. The lowest BCUT2D eigenvalue weighted by Gasteiger charge is -2.38. The van der Waals surface area contributed by atoms with Gasteiger partial charge >= 0.3 is 0 Å². The lowest BCUT2D eigenvalue weighted by atomic mass is 10.0. The Morgan fingerprint density at radius 3 is 2.77 bits per heavy atom. The van der Waals surface area contributed by atoms with Crippen molar-refractivity contribution in [1.29, 1.82) is 0 Å². The second-order valence-electron chi connectivity index (χ2n) is 7.11. The van der Waals surface area contributed by atoms with Crippen molar-refractivity contribution in [2.45, 2.75) is 32.4 Å². The van der Waals surface area contributed by atoms with Crippen molar-refractivity contribution in [1.82, 2.24) is 24.9 Å². The fraction of sp³-hybridized carbons (Fsp3) is 0.722. The molecule has 144 valence electrons. The summed E-state index contributed by atoms with van der Waals surface area (Å²) in [5.74, 6) is 0.375. The lowest BCUT2D eigenvalue weighted by molar-refractivity contribution is -0.128. The van der Waals surface area contributed by atoms with Gasteiger partial charge in [-0.3, -0.25) is 19.2 Å². The monoisotopic (exact) mass is 363 g/mol. The van der Waals surface area contributed by atoms with Crippen LogP contribution in [0.25, 0.3) is 0 Å². The van der Waals surface area contributed by atoms with Gasteiger partial charge in [0, 0.05) is 52.1 Å². The largest absolute Gasteiger partial charge is 0.381 e. The number of nitrogens with zero attached hydrogens (tertiary/aromatic N) is 4. The number of hydrogen-bond donors (Lipinski definition) is 1. The van der Waals surface area contributed by atoms with Crippen LogP contribution in [0.3, 0.4) is 0 Å². The highest BCUT2D eigenvalue weighted by Gasteiger charge is 2.33. The Bertz CT molecular complexity index is 626. The minimum Gasteiger partial charge on any atom is -0.381 e. The first-order chi connectivity index (χ1) is 12.6. The predicted octanol–water partition coefficient (Wildman–Crippen LogP) is 0.202. The molecule has 0 radical (unpaired) electrons. The molecule has 2 amide bonds. The van der Waals surface area contributed by atoms with E-state index in [1.807, 2.05) is 18.9 Å². The molecule has 2 fully saturated rings. The van der Waals surface area contributed by atoms with Gasteiger partial charge in [-0.2, -0.15) is 5.10 Å². The molecule has 3 rings (SSSR count). The predicted molar refractivity (Wildman–Crippen MR) is 96.8 cm³/mol. The number of rotatable bonds is 5. The van der Waals surface area contributed by atoms with Gasteiger partial charge in [-0.15, -0.1) is 0 Å². The van der Waals surface area contributed by atoms with Gasteiger partial charge in [0.25, 0.3) is 5.91 Å². The van der Waals surface area contributed by atoms with Crippen LogP contribution in [-0.4, -0.2) is 83.9 Å². The van der Waals surface area contributed by atoms with Crippen molar-refractivity contribution >= 4 is 11.8 Å². The van der Waals surface area contributed by atoms with Crippen LogP contribution in [0.15, 0.2) is 12.3 Å². The summed E-state index contributed by atoms with van der Waals surface area (Å²) in [5, 5.41) is 7.36. The molecule has 0 unspecified atom stereocenters. The molecular formula is C18H29N5O3. The Labute approximate surface area is 154 Å². The summed E-state index contributed by atoms with van der Waals surface area (Å²) in [5.41, 5.74) is 0.442. The zero-order valence-electron chi connectivity index (χ0n) is 15.7. The van der Waals surface area contributed by atoms with Gasteiger partial charge in [-0.05, 0) is 38.8 Å². The number of carbonyl (C=O) groups is 2. The zero-order chi connectivity index (χ0) is 18.5. The van der Waals surface area contributed by atoms with Crippen LogP contribution in [-0.2, 0) is 16.1 Å². The summed E-state index contributed by atoms with van der Waals surface area (Å²) in [7, 11) is 1.94. The van der Waals surface area contributed by atoms with Crippen LogP contribution in [0.5, 0.6) is 0 Å². The summed E-state index contributed by atoms with van der Waals surface area (Å²) in [4.78, 5) is 29.1. The van der Waals surface area contributed by atoms with Crippen LogP contribution in [0.4, 0.5) is 0 Å². The number of hydrogen-bond acceptors (Lipinski definition) is 5. The smallest absolute Gasteiger partial charge is 0.274 e. The van der Waals surface area contributed by atoms with Crippen molar-refractivity contribution in [3.63, 3.8) is 0 Å². The number of nitrogens with one attached hydrogen (secondary N) is 1. The first kappa shape index (κ1) is 18.8. The summed E-state index contributed by atoms with van der Waals surface area (Å²) >= 11 is 0. The van der Waals surface area contributed by atoms with Gasteiger partial charge in [0.2, 0.25) is 5.91 Å². The summed E-state index contributed by atoms with van der Waals surface area (Å²) in [6.07, 6.45) is 3.79. The van der Waals surface area contributed by atoms with Gasteiger partial charge in [-0.1, -0.05) is 0 Å². The molecule has 1 atom stereocenters. The maximum atomic E-state index is 12.7. The molecule has 0 aromatic carbocycles. The molecule has 0 bridgehead atoms. The van der Waals surface area contributed by atoms with E-state index < -0.39 is 0 Å². The Kier molecular flexibility index (Phi) is 6.26. The van der Waals surface area contributed by atoms with E-state index in [9.17, 15) is 9.59 Å². The van der Waals surface area contributed by atoms with Gasteiger partial charge in [0.1, 0.15) is 11.7 Å². The second-order valence-corrected chi connectivity index (χ2v) is 7.11. The highest BCUT2D eigenvalue weighted by Crippen LogP contribution is 2.15. The lowest BCUT2D eigenvalue weighted by Crippen LogP contribution is -2.59. The van der Waals surface area contributed by atoms with Crippen molar-refractivity contribution in [3.8, 4) is 0 Å². The van der Waals surface area contributed by atoms with Crippen LogP contribution in [0.1, 0.15) is 30.3 Å². The minimum atomic E-state index is -0.319.